The minimum atomic E-state index is -1.15. The summed E-state index contributed by atoms with van der Waals surface area (Å²) in [5.74, 6) is -1.74. The summed E-state index contributed by atoms with van der Waals surface area (Å²) in [5, 5.41) is 18.2. The van der Waals surface area contributed by atoms with Crippen LogP contribution in [0.5, 0.6) is 0 Å². The van der Waals surface area contributed by atoms with E-state index in [0.29, 0.717) is 11.4 Å². The Hall–Kier alpha value is -3.16. The molecule has 2 amide bonds. The Morgan fingerprint density at radius 3 is 2.17 bits per heavy atom. The maximum absolute atomic E-state index is 12.2. The molecule has 0 saturated heterocycles. The molecule has 1 aromatic carbocycles. The smallest absolute Gasteiger partial charge is 0.354 e. The molecule has 0 spiro atoms. The van der Waals surface area contributed by atoms with E-state index in [1.807, 2.05) is 0 Å². The maximum atomic E-state index is 12.2. The van der Waals surface area contributed by atoms with Crippen LogP contribution in [-0.4, -0.2) is 32.7 Å². The molecule has 8 nitrogen and oxygen atoms in total. The number of carbonyl (C=O) groups excluding carboxylic acids is 2. The van der Waals surface area contributed by atoms with Crippen LogP contribution in [0.4, 0.5) is 11.4 Å². The van der Waals surface area contributed by atoms with Crippen LogP contribution in [0.25, 0.3) is 0 Å². The van der Waals surface area contributed by atoms with Gasteiger partial charge >= 0.3 is 5.97 Å². The van der Waals surface area contributed by atoms with Crippen molar-refractivity contribution in [2.24, 2.45) is 0 Å². The summed E-state index contributed by atoms with van der Waals surface area (Å²) in [5.41, 5.74) is 1.08. The molecule has 23 heavy (non-hydrogen) atoms. The normalized spacial score (nSPS) is 11.6. The van der Waals surface area contributed by atoms with E-state index >= 15 is 0 Å². The van der Waals surface area contributed by atoms with Crippen molar-refractivity contribution >= 4 is 29.2 Å². The van der Waals surface area contributed by atoms with E-state index in [0.717, 1.165) is 4.68 Å². The van der Waals surface area contributed by atoms with Crippen molar-refractivity contribution in [1.29, 1.82) is 0 Å². The van der Waals surface area contributed by atoms with Crippen LogP contribution in [-0.2, 0) is 9.59 Å². The summed E-state index contributed by atoms with van der Waals surface area (Å²) < 4.78 is 1.14. The van der Waals surface area contributed by atoms with E-state index in [1.165, 1.54) is 19.2 Å². The first-order valence-electron chi connectivity index (χ1n) is 6.84. The molecule has 0 aliphatic rings. The van der Waals surface area contributed by atoms with E-state index in [1.54, 1.807) is 31.2 Å². The number of aromatic nitrogens is 2. The van der Waals surface area contributed by atoms with Crippen molar-refractivity contribution in [2.45, 2.75) is 19.9 Å². The lowest BCUT2D eigenvalue weighted by molar-refractivity contribution is -0.119. The molecule has 0 radical (unpaired) electrons. The molecular formula is C15H16N4O4. The number of hydrogen-bond donors (Lipinski definition) is 3. The SMILES string of the molecule is CC(=O)Nc1ccc(NC(=O)C(C)n2nccc2C(=O)O)cc1. The lowest BCUT2D eigenvalue weighted by Crippen LogP contribution is -2.26. The number of carboxylic acids is 1. The van der Waals surface area contributed by atoms with Crippen LogP contribution in [0.1, 0.15) is 30.4 Å². The third kappa shape index (κ3) is 3.94. The highest BCUT2D eigenvalue weighted by molar-refractivity contribution is 5.95. The van der Waals surface area contributed by atoms with Gasteiger partial charge in [-0.1, -0.05) is 0 Å². The average Bonchev–Trinajstić information content (AvgIpc) is 2.97. The predicted octanol–water partition coefficient (Wildman–Crippen LogP) is 1.74. The fourth-order valence-electron chi connectivity index (χ4n) is 1.99. The van der Waals surface area contributed by atoms with Gasteiger partial charge in [0.05, 0.1) is 0 Å². The van der Waals surface area contributed by atoms with Crippen LogP contribution in [0, 0.1) is 0 Å². The summed E-state index contributed by atoms with van der Waals surface area (Å²) >= 11 is 0. The van der Waals surface area contributed by atoms with Crippen LogP contribution < -0.4 is 10.6 Å². The summed E-state index contributed by atoms with van der Waals surface area (Å²) in [6.07, 6.45) is 1.33. The van der Waals surface area contributed by atoms with Crippen LogP contribution in [0.3, 0.4) is 0 Å². The fraction of sp³-hybridized carbons (Fsp3) is 0.200. The third-order valence-corrected chi connectivity index (χ3v) is 3.11. The topological polar surface area (TPSA) is 113 Å². The molecule has 0 saturated carbocycles. The second-order valence-electron chi connectivity index (χ2n) is 4.89. The number of carbonyl (C=O) groups is 3. The first kappa shape index (κ1) is 16.2. The second kappa shape index (κ2) is 6.73. The standard InChI is InChI=1S/C15H16N4O4/c1-9(19-13(15(22)23)7-8-16-19)14(21)18-12-5-3-11(4-6-12)17-10(2)20/h3-9H,1-2H3,(H,17,20)(H,18,21)(H,22,23). The molecule has 2 rings (SSSR count). The summed E-state index contributed by atoms with van der Waals surface area (Å²) in [6.45, 7) is 2.96. The van der Waals surface area contributed by atoms with Crippen molar-refractivity contribution in [1.82, 2.24) is 9.78 Å². The highest BCUT2D eigenvalue weighted by Crippen LogP contribution is 2.16. The molecule has 0 aliphatic heterocycles. The zero-order valence-corrected chi connectivity index (χ0v) is 12.6. The molecule has 3 N–H and O–H groups in total. The molecule has 120 valence electrons. The minimum Gasteiger partial charge on any atom is -0.477 e. The van der Waals surface area contributed by atoms with E-state index in [9.17, 15) is 14.4 Å². The maximum Gasteiger partial charge on any atom is 0.354 e. The van der Waals surface area contributed by atoms with E-state index in [2.05, 4.69) is 15.7 Å². The fourth-order valence-corrected chi connectivity index (χ4v) is 1.99. The van der Waals surface area contributed by atoms with Gasteiger partial charge in [-0.2, -0.15) is 5.10 Å². The van der Waals surface area contributed by atoms with Gasteiger partial charge in [0.25, 0.3) is 0 Å². The van der Waals surface area contributed by atoms with Crippen molar-refractivity contribution in [3.8, 4) is 0 Å². The Labute approximate surface area is 132 Å². The Balaban J connectivity index is 2.07. The molecule has 0 aliphatic carbocycles. The van der Waals surface area contributed by atoms with Crippen molar-refractivity contribution in [3.05, 3.63) is 42.2 Å². The zero-order chi connectivity index (χ0) is 17.0. The number of nitrogens with one attached hydrogen (secondary N) is 2. The molecule has 0 bridgehead atoms. The number of nitrogens with zero attached hydrogens (tertiary/aromatic N) is 2. The number of rotatable bonds is 5. The average molecular weight is 316 g/mol. The quantitative estimate of drug-likeness (QED) is 0.777. The van der Waals surface area contributed by atoms with E-state index in [-0.39, 0.29) is 11.6 Å². The molecule has 2 aromatic rings. The monoisotopic (exact) mass is 316 g/mol. The number of anilines is 2. The van der Waals surface area contributed by atoms with Gasteiger partial charge in [0.2, 0.25) is 11.8 Å². The van der Waals surface area contributed by atoms with Gasteiger partial charge in [0, 0.05) is 24.5 Å². The van der Waals surface area contributed by atoms with Gasteiger partial charge in [-0.25, -0.2) is 9.48 Å². The van der Waals surface area contributed by atoms with Gasteiger partial charge in [-0.3, -0.25) is 9.59 Å². The van der Waals surface area contributed by atoms with Gasteiger partial charge < -0.3 is 15.7 Å². The largest absolute Gasteiger partial charge is 0.477 e. The Bertz CT molecular complexity index is 736. The zero-order valence-electron chi connectivity index (χ0n) is 12.6. The molecule has 1 unspecified atom stereocenters. The van der Waals surface area contributed by atoms with Crippen LogP contribution in [0.15, 0.2) is 36.5 Å². The summed E-state index contributed by atoms with van der Waals surface area (Å²) in [4.78, 5) is 34.2. The number of carboxylic acid groups (broad SMARTS) is 1. The van der Waals surface area contributed by atoms with Crippen molar-refractivity contribution in [2.75, 3.05) is 10.6 Å². The Morgan fingerprint density at radius 2 is 1.65 bits per heavy atom. The minimum absolute atomic E-state index is 0.0614. The number of aromatic carboxylic acids is 1. The van der Waals surface area contributed by atoms with Crippen LogP contribution in [0.2, 0.25) is 0 Å². The van der Waals surface area contributed by atoms with Crippen molar-refractivity contribution < 1.29 is 19.5 Å². The Morgan fingerprint density at radius 1 is 1.09 bits per heavy atom. The molecular weight excluding hydrogens is 300 g/mol. The van der Waals surface area contributed by atoms with Crippen molar-refractivity contribution in [3.63, 3.8) is 0 Å². The van der Waals surface area contributed by atoms with Gasteiger partial charge in [-0.05, 0) is 37.3 Å². The molecule has 1 aromatic heterocycles. The lowest BCUT2D eigenvalue weighted by Gasteiger charge is -2.14. The summed E-state index contributed by atoms with van der Waals surface area (Å²) in [7, 11) is 0. The van der Waals surface area contributed by atoms with E-state index in [4.69, 9.17) is 5.11 Å². The van der Waals surface area contributed by atoms with Gasteiger partial charge in [0.15, 0.2) is 0 Å². The molecule has 0 fully saturated rings. The van der Waals surface area contributed by atoms with Crippen LogP contribution >= 0.6 is 0 Å². The first-order chi connectivity index (χ1) is 10.9. The van der Waals surface area contributed by atoms with Gasteiger partial charge in [0.1, 0.15) is 11.7 Å². The Kier molecular flexibility index (Phi) is 4.75. The highest BCUT2D eigenvalue weighted by atomic mass is 16.4. The second-order valence-corrected chi connectivity index (χ2v) is 4.89. The molecule has 1 atom stereocenters. The first-order valence-corrected chi connectivity index (χ1v) is 6.84. The molecule has 1 heterocycles. The van der Waals surface area contributed by atoms with E-state index < -0.39 is 17.9 Å². The lowest BCUT2D eigenvalue weighted by atomic mass is 10.2. The number of benzene rings is 1. The number of amides is 2. The summed E-state index contributed by atoms with van der Waals surface area (Å²) in [6, 6.07) is 7.12. The van der Waals surface area contributed by atoms with Gasteiger partial charge in [-0.15, -0.1) is 0 Å². The predicted molar refractivity (Wildman–Crippen MR) is 83.3 cm³/mol. The number of hydrogen-bond acceptors (Lipinski definition) is 4. The molecule has 8 heteroatoms. The highest BCUT2D eigenvalue weighted by Gasteiger charge is 2.21. The third-order valence-electron chi connectivity index (χ3n) is 3.11.